The molecular weight excluding hydrogens is 522 g/mol. The van der Waals surface area contributed by atoms with Crippen LogP contribution in [-0.4, -0.2) is 94.9 Å². The second kappa shape index (κ2) is 13.2. The number of carbonyl (C=O) groups is 1. The predicted molar refractivity (Wildman–Crippen MR) is 139 cm³/mol. The van der Waals surface area contributed by atoms with Gasteiger partial charge in [0.15, 0.2) is 11.6 Å². The lowest BCUT2D eigenvalue weighted by Gasteiger charge is -2.34. The molecule has 0 radical (unpaired) electrons. The van der Waals surface area contributed by atoms with E-state index in [1.807, 2.05) is 11.9 Å². The number of nitrogens with one attached hydrogen (secondary N) is 1. The maximum Gasteiger partial charge on any atom is 0.241 e. The highest BCUT2D eigenvalue weighted by Crippen LogP contribution is 2.29. The first-order chi connectivity index (χ1) is 18.1. The Morgan fingerprint density at radius 2 is 1.92 bits per heavy atom. The van der Waals surface area contributed by atoms with E-state index < -0.39 is 39.0 Å². The summed E-state index contributed by atoms with van der Waals surface area (Å²) in [6, 6.07) is 1.55. The molecule has 0 aliphatic carbocycles. The Kier molecular flexibility index (Phi) is 10.3. The van der Waals surface area contributed by atoms with Crippen LogP contribution in [-0.2, 0) is 14.8 Å². The molecule has 0 amide bonds. The minimum Gasteiger partial charge on any atom is -0.496 e. The number of hydrogen-bond acceptors (Lipinski definition) is 10. The SMILES string of the molecule is COCCN(C)CCCS(=O)(=O)N(c1ncc(C(=O)c2c(OC)ccc(F)c2F)c(N)n1)C1CCNCC1. The molecule has 0 unspecified atom stereocenters. The van der Waals surface area contributed by atoms with Crippen LogP contribution in [0.25, 0.3) is 0 Å². The number of sulfonamides is 1. The van der Waals surface area contributed by atoms with Crippen LogP contribution < -0.4 is 20.1 Å². The normalized spacial score (nSPS) is 14.6. The van der Waals surface area contributed by atoms with Gasteiger partial charge in [-0.3, -0.25) is 4.79 Å². The second-order valence-electron chi connectivity index (χ2n) is 8.98. The van der Waals surface area contributed by atoms with Crippen molar-refractivity contribution in [3.8, 4) is 5.75 Å². The molecule has 3 N–H and O–H groups in total. The van der Waals surface area contributed by atoms with E-state index in [2.05, 4.69) is 15.3 Å². The van der Waals surface area contributed by atoms with Gasteiger partial charge in [0.25, 0.3) is 0 Å². The van der Waals surface area contributed by atoms with Gasteiger partial charge in [0, 0.05) is 19.9 Å². The van der Waals surface area contributed by atoms with Crippen molar-refractivity contribution in [2.45, 2.75) is 25.3 Å². The fourth-order valence-corrected chi connectivity index (χ4v) is 5.94. The zero-order valence-corrected chi connectivity index (χ0v) is 22.6. The Labute approximate surface area is 221 Å². The molecule has 2 aromatic rings. The van der Waals surface area contributed by atoms with Crippen LogP contribution in [0.3, 0.4) is 0 Å². The summed E-state index contributed by atoms with van der Waals surface area (Å²) in [5.74, 6) is -4.49. The highest BCUT2D eigenvalue weighted by Gasteiger charge is 2.34. The van der Waals surface area contributed by atoms with Gasteiger partial charge in [-0.1, -0.05) is 0 Å². The summed E-state index contributed by atoms with van der Waals surface area (Å²) in [6.45, 7) is 2.97. The smallest absolute Gasteiger partial charge is 0.241 e. The molecular formula is C24H34F2N6O5S. The number of likely N-dealkylation sites (N-methyl/N-ethyl adjacent to an activating group) is 1. The molecule has 1 aliphatic heterocycles. The third-order valence-corrected chi connectivity index (χ3v) is 8.18. The van der Waals surface area contributed by atoms with Crippen LogP contribution in [0.1, 0.15) is 35.2 Å². The lowest BCUT2D eigenvalue weighted by Crippen LogP contribution is -2.48. The summed E-state index contributed by atoms with van der Waals surface area (Å²) in [5, 5.41) is 3.20. The van der Waals surface area contributed by atoms with E-state index in [9.17, 15) is 22.0 Å². The van der Waals surface area contributed by atoms with Gasteiger partial charge in [0.2, 0.25) is 21.8 Å². The van der Waals surface area contributed by atoms with Gasteiger partial charge in [-0.2, -0.15) is 4.98 Å². The number of benzene rings is 1. The van der Waals surface area contributed by atoms with E-state index in [1.165, 1.54) is 11.4 Å². The van der Waals surface area contributed by atoms with Gasteiger partial charge in [-0.05, 0) is 58.1 Å². The molecule has 14 heteroatoms. The maximum absolute atomic E-state index is 14.5. The number of nitrogen functional groups attached to an aromatic ring is 1. The number of halogens is 2. The number of nitrogens with two attached hydrogens (primary N) is 1. The molecule has 0 spiro atoms. The fraction of sp³-hybridized carbons (Fsp3) is 0.542. The Morgan fingerprint density at radius 3 is 2.55 bits per heavy atom. The summed E-state index contributed by atoms with van der Waals surface area (Å²) in [7, 11) is 0.831. The summed E-state index contributed by atoms with van der Waals surface area (Å²) in [4.78, 5) is 23.3. The molecule has 1 saturated heterocycles. The molecule has 2 heterocycles. The van der Waals surface area contributed by atoms with Crippen molar-refractivity contribution in [3.05, 3.63) is 41.1 Å². The Morgan fingerprint density at radius 1 is 1.21 bits per heavy atom. The lowest BCUT2D eigenvalue weighted by molar-refractivity contribution is 0.103. The number of ether oxygens (including phenoxy) is 2. The van der Waals surface area contributed by atoms with Crippen molar-refractivity contribution in [3.63, 3.8) is 0 Å². The number of nitrogens with zero attached hydrogens (tertiary/aromatic N) is 4. The van der Waals surface area contributed by atoms with E-state index in [4.69, 9.17) is 15.2 Å². The predicted octanol–water partition coefficient (Wildman–Crippen LogP) is 1.43. The molecule has 38 heavy (non-hydrogen) atoms. The van der Waals surface area contributed by atoms with E-state index in [-0.39, 0.29) is 28.8 Å². The lowest BCUT2D eigenvalue weighted by atomic mass is 10.0. The summed E-state index contributed by atoms with van der Waals surface area (Å²) >= 11 is 0. The average molecular weight is 557 g/mol. The summed E-state index contributed by atoms with van der Waals surface area (Å²) in [6.07, 6.45) is 2.46. The van der Waals surface area contributed by atoms with E-state index in [1.54, 1.807) is 7.11 Å². The highest BCUT2D eigenvalue weighted by atomic mass is 32.2. The molecule has 1 aliphatic rings. The summed E-state index contributed by atoms with van der Waals surface area (Å²) in [5.41, 5.74) is 5.09. The van der Waals surface area contributed by atoms with Crippen LogP contribution in [0.5, 0.6) is 5.75 Å². The molecule has 1 aromatic carbocycles. The number of rotatable bonds is 13. The van der Waals surface area contributed by atoms with Gasteiger partial charge in [-0.25, -0.2) is 26.5 Å². The summed E-state index contributed by atoms with van der Waals surface area (Å²) < 4.78 is 66.6. The zero-order valence-electron chi connectivity index (χ0n) is 21.7. The molecule has 0 saturated carbocycles. The van der Waals surface area contributed by atoms with Crippen molar-refractivity contribution in [2.24, 2.45) is 0 Å². The number of aromatic nitrogens is 2. The van der Waals surface area contributed by atoms with Crippen molar-refractivity contribution >= 4 is 27.6 Å². The number of piperidine rings is 1. The van der Waals surface area contributed by atoms with Gasteiger partial charge in [0.1, 0.15) is 17.1 Å². The fourth-order valence-electron chi connectivity index (χ4n) is 4.25. The largest absolute Gasteiger partial charge is 0.496 e. The van der Waals surface area contributed by atoms with E-state index in [0.717, 1.165) is 18.3 Å². The Bertz CT molecular complexity index is 1230. The minimum absolute atomic E-state index is 0.149. The minimum atomic E-state index is -3.86. The molecule has 210 valence electrons. The number of methoxy groups -OCH3 is 2. The first-order valence-electron chi connectivity index (χ1n) is 12.2. The monoisotopic (exact) mass is 556 g/mol. The van der Waals surface area contributed by atoms with Crippen LogP contribution in [0.4, 0.5) is 20.5 Å². The van der Waals surface area contributed by atoms with Gasteiger partial charge >= 0.3 is 0 Å². The number of ketones is 1. The number of hydrogen-bond donors (Lipinski definition) is 2. The third-order valence-electron chi connectivity index (χ3n) is 6.31. The molecule has 1 fully saturated rings. The Balaban J connectivity index is 1.91. The van der Waals surface area contributed by atoms with Crippen LogP contribution in [0.2, 0.25) is 0 Å². The highest BCUT2D eigenvalue weighted by molar-refractivity contribution is 7.92. The topological polar surface area (TPSA) is 140 Å². The van der Waals surface area contributed by atoms with Crippen molar-refractivity contribution in [1.29, 1.82) is 0 Å². The van der Waals surface area contributed by atoms with Crippen LogP contribution in [0, 0.1) is 11.6 Å². The second-order valence-corrected chi connectivity index (χ2v) is 10.9. The number of carbonyl (C=O) groups excluding carboxylic acids is 1. The van der Waals surface area contributed by atoms with Crippen LogP contribution in [0.15, 0.2) is 18.3 Å². The van der Waals surface area contributed by atoms with Crippen molar-refractivity contribution < 1.29 is 31.5 Å². The third kappa shape index (κ3) is 6.92. The Hall–Kier alpha value is -2.94. The standard InChI is InChI=1S/C24H34F2N6O5S/c1-31(12-13-36-2)11-4-14-38(34,35)32(16-7-9-28-10-8-16)24-29-15-17(23(27)30-24)22(33)20-19(37-3)6-5-18(25)21(20)26/h5-6,15-16,28H,4,7-14H2,1-3H3,(H2,27,29,30). The van der Waals surface area contributed by atoms with Crippen LogP contribution >= 0.6 is 0 Å². The van der Waals surface area contributed by atoms with Crippen molar-refractivity contribution in [1.82, 2.24) is 20.2 Å². The van der Waals surface area contributed by atoms with Crippen molar-refractivity contribution in [2.75, 3.05) is 69.8 Å². The molecule has 0 atom stereocenters. The van der Waals surface area contributed by atoms with Gasteiger partial charge in [-0.15, -0.1) is 0 Å². The zero-order chi connectivity index (χ0) is 27.9. The van der Waals surface area contributed by atoms with Gasteiger partial charge < -0.3 is 25.4 Å². The first kappa shape index (κ1) is 29.6. The number of anilines is 2. The average Bonchev–Trinajstić information content (AvgIpc) is 2.89. The van der Waals surface area contributed by atoms with E-state index >= 15 is 0 Å². The van der Waals surface area contributed by atoms with E-state index in [0.29, 0.717) is 52.0 Å². The molecule has 3 rings (SSSR count). The molecule has 1 aromatic heterocycles. The van der Waals surface area contributed by atoms with Gasteiger partial charge in [0.05, 0.1) is 31.1 Å². The molecule has 11 nitrogen and oxygen atoms in total. The maximum atomic E-state index is 14.5. The first-order valence-corrected chi connectivity index (χ1v) is 13.8. The quantitative estimate of drug-likeness (QED) is 0.348. The molecule has 0 bridgehead atoms.